The Balaban J connectivity index is 1.67. The number of hydrogen-bond donors (Lipinski definition) is 2. The number of nitrogens with one attached hydrogen (secondary N) is 2. The third-order valence-corrected chi connectivity index (χ3v) is 4.09. The lowest BCUT2D eigenvalue weighted by Gasteiger charge is -2.18. The Morgan fingerprint density at radius 3 is 2.77 bits per heavy atom. The van der Waals surface area contributed by atoms with Crippen LogP contribution in [0.25, 0.3) is 5.82 Å². The van der Waals surface area contributed by atoms with Crippen molar-refractivity contribution < 1.29 is 0 Å². The minimum absolute atomic E-state index is 0.150. The zero-order chi connectivity index (χ0) is 18.7. The average molecular weight is 348 g/mol. The fourth-order valence-corrected chi connectivity index (χ4v) is 2.75. The highest BCUT2D eigenvalue weighted by atomic mass is 15.3. The minimum Gasteiger partial charge on any atom is -0.366 e. The summed E-state index contributed by atoms with van der Waals surface area (Å²) in [5.74, 6) is 2.21. The van der Waals surface area contributed by atoms with Crippen LogP contribution in [-0.4, -0.2) is 19.7 Å². The van der Waals surface area contributed by atoms with Crippen molar-refractivity contribution in [2.75, 3.05) is 5.32 Å². The smallest absolute Gasteiger partial charge is 0.159 e. The summed E-state index contributed by atoms with van der Waals surface area (Å²) < 4.78 is 1.74. The lowest BCUT2D eigenvalue weighted by atomic mass is 10.1. The van der Waals surface area contributed by atoms with Gasteiger partial charge < -0.3 is 10.6 Å². The summed E-state index contributed by atoms with van der Waals surface area (Å²) in [5, 5.41) is 11.0. The van der Waals surface area contributed by atoms with Crippen LogP contribution in [0, 0.1) is 20.8 Å². The highest BCUT2D eigenvalue weighted by molar-refractivity contribution is 5.46. The van der Waals surface area contributed by atoms with E-state index < -0.39 is 0 Å². The predicted octanol–water partition coefficient (Wildman–Crippen LogP) is 3.82. The summed E-state index contributed by atoms with van der Waals surface area (Å²) in [5.41, 5.74) is 4.27. The van der Waals surface area contributed by atoms with Gasteiger partial charge in [-0.2, -0.15) is 5.10 Å². The van der Waals surface area contributed by atoms with Gasteiger partial charge in [-0.1, -0.05) is 36.4 Å². The van der Waals surface area contributed by atoms with Crippen LogP contribution in [0.2, 0.25) is 0 Å². The fourth-order valence-electron chi connectivity index (χ4n) is 2.75. The Bertz CT molecular complexity index is 928. The van der Waals surface area contributed by atoms with E-state index in [1.807, 2.05) is 20.0 Å². The molecule has 2 N–H and O–H groups in total. The highest BCUT2D eigenvalue weighted by Gasteiger charge is 2.09. The second kappa shape index (κ2) is 7.39. The first-order chi connectivity index (χ1) is 12.4. The average Bonchev–Trinajstić information content (AvgIpc) is 3.05. The van der Waals surface area contributed by atoms with Gasteiger partial charge in [-0.15, -0.1) is 0 Å². The Hall–Kier alpha value is -3.15. The van der Waals surface area contributed by atoms with E-state index in [-0.39, 0.29) is 6.04 Å². The van der Waals surface area contributed by atoms with Gasteiger partial charge in [0.2, 0.25) is 0 Å². The minimum atomic E-state index is 0.150. The van der Waals surface area contributed by atoms with Crippen LogP contribution in [0.15, 0.2) is 55.3 Å². The van der Waals surface area contributed by atoms with Crippen molar-refractivity contribution in [2.24, 2.45) is 0 Å². The maximum Gasteiger partial charge on any atom is 0.159 e. The SMILES string of the molecule is C=C(Nc1cnn(-c2nc(C)ncc2C)c1)NC(C)c1cccc(C)c1. The number of aromatic nitrogens is 4. The molecular formula is C20H24N6. The zero-order valence-electron chi connectivity index (χ0n) is 15.6. The molecule has 26 heavy (non-hydrogen) atoms. The van der Waals surface area contributed by atoms with Gasteiger partial charge in [0.15, 0.2) is 5.82 Å². The van der Waals surface area contributed by atoms with Gasteiger partial charge in [0.25, 0.3) is 0 Å². The Labute approximate surface area is 154 Å². The maximum absolute atomic E-state index is 4.46. The predicted molar refractivity (Wildman–Crippen MR) is 104 cm³/mol. The molecule has 134 valence electrons. The molecule has 0 amide bonds. The number of nitrogens with zero attached hydrogens (tertiary/aromatic N) is 4. The van der Waals surface area contributed by atoms with Crippen molar-refractivity contribution in [3.63, 3.8) is 0 Å². The molecule has 6 nitrogen and oxygen atoms in total. The first-order valence-corrected chi connectivity index (χ1v) is 8.56. The molecule has 0 aliphatic rings. The fraction of sp³-hybridized carbons (Fsp3) is 0.250. The normalized spacial score (nSPS) is 11.8. The van der Waals surface area contributed by atoms with Crippen LogP contribution in [0.4, 0.5) is 5.69 Å². The van der Waals surface area contributed by atoms with E-state index >= 15 is 0 Å². The first-order valence-electron chi connectivity index (χ1n) is 8.56. The molecule has 2 heterocycles. The van der Waals surface area contributed by atoms with Crippen LogP contribution >= 0.6 is 0 Å². The molecule has 3 rings (SSSR count). The second-order valence-electron chi connectivity index (χ2n) is 6.48. The van der Waals surface area contributed by atoms with Crippen LogP contribution < -0.4 is 10.6 Å². The third-order valence-electron chi connectivity index (χ3n) is 4.09. The number of anilines is 1. The molecule has 0 spiro atoms. The van der Waals surface area contributed by atoms with E-state index in [4.69, 9.17) is 0 Å². The van der Waals surface area contributed by atoms with Gasteiger partial charge in [0.1, 0.15) is 5.82 Å². The monoisotopic (exact) mass is 348 g/mol. The number of benzene rings is 1. The summed E-state index contributed by atoms with van der Waals surface area (Å²) in [6, 6.07) is 8.58. The summed E-state index contributed by atoms with van der Waals surface area (Å²) in [7, 11) is 0. The summed E-state index contributed by atoms with van der Waals surface area (Å²) in [6.45, 7) is 12.1. The molecule has 1 aromatic carbocycles. The van der Waals surface area contributed by atoms with Crippen molar-refractivity contribution in [2.45, 2.75) is 33.7 Å². The molecule has 0 fully saturated rings. The Morgan fingerprint density at radius 2 is 2.00 bits per heavy atom. The quantitative estimate of drug-likeness (QED) is 0.709. The van der Waals surface area contributed by atoms with Crippen molar-refractivity contribution in [1.82, 2.24) is 25.1 Å². The van der Waals surface area contributed by atoms with E-state index in [9.17, 15) is 0 Å². The third kappa shape index (κ3) is 4.08. The van der Waals surface area contributed by atoms with Crippen molar-refractivity contribution in [3.8, 4) is 5.82 Å². The highest BCUT2D eigenvalue weighted by Crippen LogP contribution is 2.17. The number of hydrogen-bond acceptors (Lipinski definition) is 5. The summed E-state index contributed by atoms with van der Waals surface area (Å²) in [4.78, 5) is 8.65. The van der Waals surface area contributed by atoms with E-state index in [1.54, 1.807) is 17.1 Å². The number of rotatable bonds is 6. The molecule has 0 bridgehead atoms. The molecule has 1 atom stereocenters. The van der Waals surface area contributed by atoms with E-state index in [2.05, 4.69) is 70.4 Å². The molecule has 0 saturated carbocycles. The van der Waals surface area contributed by atoms with E-state index in [1.165, 1.54) is 11.1 Å². The van der Waals surface area contributed by atoms with Crippen LogP contribution in [-0.2, 0) is 0 Å². The molecular weight excluding hydrogens is 324 g/mol. The van der Waals surface area contributed by atoms with Crippen LogP contribution in [0.3, 0.4) is 0 Å². The molecule has 2 aromatic heterocycles. The topological polar surface area (TPSA) is 67.7 Å². The standard InChI is InChI=1S/C20H24N6/c1-13-7-6-8-18(9-13)15(3)23-17(5)24-19-11-22-26(12-19)20-14(2)10-21-16(4)25-20/h6-12,15,23-24H,5H2,1-4H3. The lowest BCUT2D eigenvalue weighted by molar-refractivity contribution is 0.658. The van der Waals surface area contributed by atoms with E-state index in [0.717, 1.165) is 17.1 Å². The van der Waals surface area contributed by atoms with Gasteiger partial charge in [-0.25, -0.2) is 14.6 Å². The van der Waals surface area contributed by atoms with Gasteiger partial charge in [0, 0.05) is 17.8 Å². The largest absolute Gasteiger partial charge is 0.366 e. The van der Waals surface area contributed by atoms with Crippen molar-refractivity contribution >= 4 is 5.69 Å². The molecule has 6 heteroatoms. The Morgan fingerprint density at radius 1 is 1.19 bits per heavy atom. The van der Waals surface area contributed by atoms with Gasteiger partial charge in [0.05, 0.1) is 23.9 Å². The van der Waals surface area contributed by atoms with Crippen LogP contribution in [0.1, 0.15) is 35.5 Å². The second-order valence-corrected chi connectivity index (χ2v) is 6.48. The van der Waals surface area contributed by atoms with Crippen molar-refractivity contribution in [1.29, 1.82) is 0 Å². The lowest BCUT2D eigenvalue weighted by Crippen LogP contribution is -2.22. The molecule has 0 aliphatic carbocycles. The molecule has 1 unspecified atom stereocenters. The van der Waals surface area contributed by atoms with Crippen LogP contribution in [0.5, 0.6) is 0 Å². The van der Waals surface area contributed by atoms with Gasteiger partial charge in [-0.05, 0) is 33.3 Å². The Kier molecular flexibility index (Phi) is 5.02. The van der Waals surface area contributed by atoms with Crippen molar-refractivity contribution in [3.05, 3.63) is 77.8 Å². The molecule has 0 radical (unpaired) electrons. The summed E-state index contributed by atoms with van der Waals surface area (Å²) in [6.07, 6.45) is 5.44. The molecule has 0 saturated heterocycles. The zero-order valence-corrected chi connectivity index (χ0v) is 15.6. The maximum atomic E-state index is 4.46. The van der Waals surface area contributed by atoms with E-state index in [0.29, 0.717) is 11.6 Å². The molecule has 0 aliphatic heterocycles. The number of aryl methyl sites for hydroxylation is 3. The van der Waals surface area contributed by atoms with Gasteiger partial charge in [-0.3, -0.25) is 0 Å². The summed E-state index contributed by atoms with van der Waals surface area (Å²) >= 11 is 0. The van der Waals surface area contributed by atoms with Gasteiger partial charge >= 0.3 is 0 Å². The molecule has 3 aromatic rings. The first kappa shape index (κ1) is 17.7.